The number of hydrogen-bond acceptors (Lipinski definition) is 4. The van der Waals surface area contributed by atoms with E-state index >= 15 is 0 Å². The van der Waals surface area contributed by atoms with Crippen molar-refractivity contribution in [2.75, 3.05) is 11.9 Å². The van der Waals surface area contributed by atoms with Gasteiger partial charge in [-0.05, 0) is 49.7 Å². The van der Waals surface area contributed by atoms with Crippen LogP contribution in [0.15, 0.2) is 42.5 Å². The molecule has 5 nitrogen and oxygen atoms in total. The van der Waals surface area contributed by atoms with Crippen molar-refractivity contribution in [2.45, 2.75) is 20.0 Å². The number of rotatable bonds is 6. The molecular formula is C18H17ClFNO4. The van der Waals surface area contributed by atoms with Crippen molar-refractivity contribution in [3.8, 4) is 5.75 Å². The minimum absolute atomic E-state index is 0.116. The lowest BCUT2D eigenvalue weighted by molar-refractivity contribution is -0.153. The van der Waals surface area contributed by atoms with Gasteiger partial charge in [-0.3, -0.25) is 4.79 Å². The van der Waals surface area contributed by atoms with Crippen LogP contribution in [0, 0.1) is 12.7 Å². The van der Waals surface area contributed by atoms with E-state index in [0.29, 0.717) is 11.4 Å². The zero-order chi connectivity index (χ0) is 18.4. The Morgan fingerprint density at radius 1 is 1.24 bits per heavy atom. The molecule has 2 aromatic rings. The van der Waals surface area contributed by atoms with E-state index in [1.165, 1.54) is 19.1 Å². The summed E-state index contributed by atoms with van der Waals surface area (Å²) >= 11 is 5.63. The summed E-state index contributed by atoms with van der Waals surface area (Å²) < 4.78 is 23.4. The van der Waals surface area contributed by atoms with Crippen LogP contribution in [-0.2, 0) is 14.3 Å². The lowest BCUT2D eigenvalue weighted by Crippen LogP contribution is -2.29. The number of nitrogens with one attached hydrogen (secondary N) is 1. The van der Waals surface area contributed by atoms with Gasteiger partial charge in [0.05, 0.1) is 5.02 Å². The van der Waals surface area contributed by atoms with Gasteiger partial charge in [0, 0.05) is 5.69 Å². The lowest BCUT2D eigenvalue weighted by atomic mass is 10.2. The maximum Gasteiger partial charge on any atom is 0.347 e. The number of aryl methyl sites for hydroxylation is 1. The van der Waals surface area contributed by atoms with E-state index in [2.05, 4.69) is 5.32 Å². The highest BCUT2D eigenvalue weighted by atomic mass is 35.5. The monoisotopic (exact) mass is 365 g/mol. The first kappa shape index (κ1) is 18.7. The van der Waals surface area contributed by atoms with E-state index in [1.54, 1.807) is 12.1 Å². The van der Waals surface area contributed by atoms with Crippen LogP contribution in [0.25, 0.3) is 0 Å². The zero-order valence-electron chi connectivity index (χ0n) is 13.7. The summed E-state index contributed by atoms with van der Waals surface area (Å²) in [6.07, 6.45) is -0.866. The van der Waals surface area contributed by atoms with Gasteiger partial charge in [0.1, 0.15) is 11.6 Å². The first-order valence-electron chi connectivity index (χ1n) is 7.50. The van der Waals surface area contributed by atoms with Crippen LogP contribution in [0.4, 0.5) is 10.1 Å². The van der Waals surface area contributed by atoms with Crippen LogP contribution in [0.5, 0.6) is 5.75 Å². The molecule has 132 valence electrons. The van der Waals surface area contributed by atoms with E-state index in [9.17, 15) is 14.0 Å². The molecule has 7 heteroatoms. The molecule has 0 saturated heterocycles. The van der Waals surface area contributed by atoms with Gasteiger partial charge in [0.25, 0.3) is 5.91 Å². The highest BCUT2D eigenvalue weighted by Crippen LogP contribution is 2.19. The smallest absolute Gasteiger partial charge is 0.347 e. The van der Waals surface area contributed by atoms with Crippen LogP contribution < -0.4 is 10.1 Å². The maximum absolute atomic E-state index is 13.1. The maximum atomic E-state index is 13.1. The second-order valence-electron chi connectivity index (χ2n) is 5.36. The molecule has 0 aliphatic carbocycles. The minimum Gasteiger partial charge on any atom is -0.479 e. The van der Waals surface area contributed by atoms with Crippen molar-refractivity contribution in [1.29, 1.82) is 0 Å². The predicted molar refractivity (Wildman–Crippen MR) is 92.3 cm³/mol. The second kappa shape index (κ2) is 8.48. The molecule has 0 unspecified atom stereocenters. The van der Waals surface area contributed by atoms with Gasteiger partial charge in [-0.1, -0.05) is 23.7 Å². The summed E-state index contributed by atoms with van der Waals surface area (Å²) in [6, 6.07) is 11.0. The SMILES string of the molecule is Cc1cccc(O[C@H](C)C(=O)OCC(=O)Nc2ccc(F)c(Cl)c2)c1. The van der Waals surface area contributed by atoms with Gasteiger partial charge in [0.2, 0.25) is 0 Å². The largest absolute Gasteiger partial charge is 0.479 e. The van der Waals surface area contributed by atoms with Crippen molar-refractivity contribution in [2.24, 2.45) is 0 Å². The molecule has 0 fully saturated rings. The van der Waals surface area contributed by atoms with Gasteiger partial charge in [0.15, 0.2) is 12.7 Å². The van der Waals surface area contributed by atoms with E-state index in [1.807, 2.05) is 19.1 Å². The fourth-order valence-electron chi connectivity index (χ4n) is 1.97. The summed E-state index contributed by atoms with van der Waals surface area (Å²) in [5, 5.41) is 2.34. The minimum atomic E-state index is -0.866. The molecule has 1 N–H and O–H groups in total. The number of carbonyl (C=O) groups is 2. The Kier molecular flexibility index (Phi) is 6.36. The van der Waals surface area contributed by atoms with Gasteiger partial charge in [-0.2, -0.15) is 0 Å². The van der Waals surface area contributed by atoms with Crippen molar-refractivity contribution >= 4 is 29.2 Å². The quantitative estimate of drug-likeness (QED) is 0.792. The molecule has 0 bridgehead atoms. The third-order valence-electron chi connectivity index (χ3n) is 3.18. The van der Waals surface area contributed by atoms with Gasteiger partial charge < -0.3 is 14.8 Å². The molecule has 0 aliphatic rings. The molecule has 0 heterocycles. The van der Waals surface area contributed by atoms with Crippen molar-refractivity contribution in [1.82, 2.24) is 0 Å². The normalized spacial score (nSPS) is 11.5. The van der Waals surface area contributed by atoms with Crippen LogP contribution in [0.2, 0.25) is 5.02 Å². The van der Waals surface area contributed by atoms with Gasteiger partial charge in [-0.15, -0.1) is 0 Å². The zero-order valence-corrected chi connectivity index (χ0v) is 14.5. The molecule has 1 atom stereocenters. The molecular weight excluding hydrogens is 349 g/mol. The molecule has 0 radical (unpaired) electrons. The highest BCUT2D eigenvalue weighted by Gasteiger charge is 2.18. The topological polar surface area (TPSA) is 64.6 Å². The fourth-order valence-corrected chi connectivity index (χ4v) is 2.15. The predicted octanol–water partition coefficient (Wildman–Crippen LogP) is 3.74. The number of esters is 1. The van der Waals surface area contributed by atoms with Crippen LogP contribution in [-0.4, -0.2) is 24.6 Å². The first-order valence-corrected chi connectivity index (χ1v) is 7.88. The molecule has 1 amide bonds. The van der Waals surface area contributed by atoms with Crippen LogP contribution >= 0.6 is 11.6 Å². The standard InChI is InChI=1S/C18H17ClFNO4/c1-11-4-3-5-14(8-11)25-12(2)18(23)24-10-17(22)21-13-6-7-16(20)15(19)9-13/h3-9,12H,10H2,1-2H3,(H,21,22)/t12-/m1/s1. The van der Waals surface area contributed by atoms with Crippen molar-refractivity contribution in [3.05, 3.63) is 58.9 Å². The third kappa shape index (κ3) is 5.76. The second-order valence-corrected chi connectivity index (χ2v) is 5.77. The van der Waals surface area contributed by atoms with Gasteiger partial charge >= 0.3 is 5.97 Å². The Labute approximate surface area is 149 Å². The van der Waals surface area contributed by atoms with E-state index in [0.717, 1.165) is 11.6 Å². The Hall–Kier alpha value is -2.60. The number of halogens is 2. The number of ether oxygens (including phenoxy) is 2. The molecule has 25 heavy (non-hydrogen) atoms. The number of hydrogen-bond donors (Lipinski definition) is 1. The fraction of sp³-hybridized carbons (Fsp3) is 0.222. The Bertz CT molecular complexity index is 781. The average Bonchev–Trinajstić information content (AvgIpc) is 2.56. The number of anilines is 1. The molecule has 0 saturated carbocycles. The molecule has 0 aliphatic heterocycles. The highest BCUT2D eigenvalue weighted by molar-refractivity contribution is 6.31. The van der Waals surface area contributed by atoms with Crippen molar-refractivity contribution < 1.29 is 23.5 Å². The Balaban J connectivity index is 1.82. The summed E-state index contributed by atoms with van der Waals surface area (Å²) in [5.41, 5.74) is 1.30. The summed E-state index contributed by atoms with van der Waals surface area (Å²) in [4.78, 5) is 23.7. The Morgan fingerprint density at radius 2 is 2.00 bits per heavy atom. The molecule has 2 aromatic carbocycles. The van der Waals surface area contributed by atoms with E-state index < -0.39 is 30.4 Å². The number of benzene rings is 2. The van der Waals surface area contributed by atoms with E-state index in [-0.39, 0.29) is 5.02 Å². The lowest BCUT2D eigenvalue weighted by Gasteiger charge is -2.14. The number of carbonyl (C=O) groups excluding carboxylic acids is 2. The number of amides is 1. The van der Waals surface area contributed by atoms with E-state index in [4.69, 9.17) is 21.1 Å². The van der Waals surface area contributed by atoms with Gasteiger partial charge in [-0.25, -0.2) is 9.18 Å². The van der Waals surface area contributed by atoms with Crippen LogP contribution in [0.1, 0.15) is 12.5 Å². The van der Waals surface area contributed by atoms with Crippen molar-refractivity contribution in [3.63, 3.8) is 0 Å². The molecule has 2 rings (SSSR count). The molecule has 0 aromatic heterocycles. The summed E-state index contributed by atoms with van der Waals surface area (Å²) in [5.74, 6) is -1.30. The third-order valence-corrected chi connectivity index (χ3v) is 3.47. The summed E-state index contributed by atoms with van der Waals surface area (Å²) in [6.45, 7) is 2.94. The first-order chi connectivity index (χ1) is 11.8. The Morgan fingerprint density at radius 3 is 2.68 bits per heavy atom. The average molecular weight is 366 g/mol. The molecule has 0 spiro atoms. The summed E-state index contributed by atoms with van der Waals surface area (Å²) in [7, 11) is 0. The van der Waals surface area contributed by atoms with Crippen LogP contribution in [0.3, 0.4) is 0 Å².